The number of aliphatic imine (C=N–C) groups is 1. The molecule has 148 valence electrons. The van der Waals surface area contributed by atoms with Crippen LogP contribution in [0.1, 0.15) is 10.6 Å². The summed E-state index contributed by atoms with van der Waals surface area (Å²) in [4.78, 5) is 29.7. The number of thiazole rings is 1. The molecule has 1 aromatic heterocycles. The van der Waals surface area contributed by atoms with Gasteiger partial charge in [0.2, 0.25) is 0 Å². The minimum absolute atomic E-state index is 0.0311. The van der Waals surface area contributed by atoms with Gasteiger partial charge < -0.3 is 9.84 Å². The van der Waals surface area contributed by atoms with Crippen LogP contribution < -0.4 is 4.74 Å². The van der Waals surface area contributed by atoms with Crippen molar-refractivity contribution in [1.82, 2.24) is 4.98 Å². The van der Waals surface area contributed by atoms with Crippen molar-refractivity contribution in [2.75, 3.05) is 5.75 Å². The topological polar surface area (TPSA) is 115 Å². The predicted molar refractivity (Wildman–Crippen MR) is 107 cm³/mol. The number of carboxylic acid groups (broad SMARTS) is 1. The van der Waals surface area contributed by atoms with E-state index in [-0.39, 0.29) is 18.0 Å². The average Bonchev–Trinajstić information content (AvgIpc) is 3.33. The molecule has 0 saturated heterocycles. The summed E-state index contributed by atoms with van der Waals surface area (Å²) in [6.07, 6.45) is 0. The van der Waals surface area contributed by atoms with Gasteiger partial charge in [-0.1, -0.05) is 0 Å². The SMILES string of the molecule is O=C(O)[C@H]1CSC(c2nc3cc(F)c(OCc4ccc([N+](=O)[O-])cc4)cc3s2)=N1. The molecule has 0 spiro atoms. The second-order valence-electron chi connectivity index (χ2n) is 6.08. The van der Waals surface area contributed by atoms with Crippen LogP contribution in [0.3, 0.4) is 0 Å². The standard InChI is InChI=1S/C18H12FN3O5S2/c19-11-5-12-15(29-17(20-12)16-21-13(8-28-16)18(23)24)6-14(11)27-7-9-1-3-10(4-2-9)22(25)26/h1-6,13H,7-8H2,(H,23,24)/t13-/m1/s1. The number of ether oxygens (including phenoxy) is 1. The van der Waals surface area contributed by atoms with Crippen LogP contribution >= 0.6 is 23.1 Å². The molecule has 0 unspecified atom stereocenters. The molecule has 3 aromatic rings. The number of rotatable bonds is 6. The molecule has 29 heavy (non-hydrogen) atoms. The number of aromatic nitrogens is 1. The van der Waals surface area contributed by atoms with Gasteiger partial charge in [-0.15, -0.1) is 23.1 Å². The summed E-state index contributed by atoms with van der Waals surface area (Å²) in [7, 11) is 0. The molecule has 11 heteroatoms. The van der Waals surface area contributed by atoms with E-state index in [2.05, 4.69) is 9.98 Å². The van der Waals surface area contributed by atoms with Crippen LogP contribution in [-0.2, 0) is 11.4 Å². The second-order valence-corrected chi connectivity index (χ2v) is 8.12. The number of carboxylic acids is 1. The summed E-state index contributed by atoms with van der Waals surface area (Å²) in [5, 5.41) is 20.8. The van der Waals surface area contributed by atoms with E-state index in [4.69, 9.17) is 9.84 Å². The van der Waals surface area contributed by atoms with Gasteiger partial charge in [-0.05, 0) is 17.7 Å². The first-order valence-corrected chi connectivity index (χ1v) is 10.1. The van der Waals surface area contributed by atoms with Crippen LogP contribution in [0.5, 0.6) is 5.75 Å². The van der Waals surface area contributed by atoms with Crippen LogP contribution in [-0.4, -0.2) is 37.8 Å². The zero-order chi connectivity index (χ0) is 20.5. The fourth-order valence-corrected chi connectivity index (χ4v) is 4.70. The lowest BCUT2D eigenvalue weighted by molar-refractivity contribution is -0.384. The number of hydrogen-bond donors (Lipinski definition) is 1. The van der Waals surface area contributed by atoms with Crippen molar-refractivity contribution in [3.8, 4) is 5.75 Å². The Balaban J connectivity index is 1.53. The van der Waals surface area contributed by atoms with E-state index < -0.39 is 22.8 Å². The highest BCUT2D eigenvalue weighted by Crippen LogP contribution is 2.33. The zero-order valence-electron chi connectivity index (χ0n) is 14.6. The van der Waals surface area contributed by atoms with E-state index in [0.717, 1.165) is 0 Å². The third-order valence-electron chi connectivity index (χ3n) is 4.10. The Hall–Kier alpha value is -3.05. The van der Waals surface area contributed by atoms with E-state index in [9.17, 15) is 19.3 Å². The molecule has 2 heterocycles. The number of carbonyl (C=O) groups is 1. The first-order valence-electron chi connectivity index (χ1n) is 8.30. The molecule has 0 saturated carbocycles. The van der Waals surface area contributed by atoms with Crippen LogP contribution in [0.2, 0.25) is 0 Å². The summed E-state index contributed by atoms with van der Waals surface area (Å²) in [5.41, 5.74) is 1.07. The number of aliphatic carboxylic acids is 1. The number of nitro benzene ring substituents is 1. The van der Waals surface area contributed by atoms with Crippen molar-refractivity contribution in [2.45, 2.75) is 12.6 Å². The molecule has 0 radical (unpaired) electrons. The Bertz CT molecular complexity index is 1150. The van der Waals surface area contributed by atoms with Crippen LogP contribution in [0.15, 0.2) is 41.4 Å². The van der Waals surface area contributed by atoms with Gasteiger partial charge in [0.25, 0.3) is 5.69 Å². The lowest BCUT2D eigenvalue weighted by Gasteiger charge is -2.07. The maximum Gasteiger partial charge on any atom is 0.329 e. The molecule has 8 nitrogen and oxygen atoms in total. The molecule has 0 amide bonds. The Morgan fingerprint density at radius 3 is 2.76 bits per heavy atom. The van der Waals surface area contributed by atoms with Crippen molar-refractivity contribution >= 4 is 50.0 Å². The van der Waals surface area contributed by atoms with Gasteiger partial charge in [0, 0.05) is 30.0 Å². The summed E-state index contributed by atoms with van der Waals surface area (Å²) in [6, 6.07) is 7.82. The highest BCUT2D eigenvalue weighted by molar-refractivity contribution is 8.15. The number of nitro groups is 1. The third-order valence-corrected chi connectivity index (χ3v) is 6.31. The molecule has 1 aliphatic heterocycles. The molecule has 4 rings (SSSR count). The molecule has 2 aromatic carbocycles. The van der Waals surface area contributed by atoms with Crippen LogP contribution in [0.4, 0.5) is 10.1 Å². The summed E-state index contributed by atoms with van der Waals surface area (Å²) in [6.45, 7) is 0.0505. The number of fused-ring (bicyclic) bond motifs is 1. The van der Waals surface area contributed by atoms with Crippen molar-refractivity contribution in [1.29, 1.82) is 0 Å². The Kier molecular flexibility index (Phi) is 5.16. The van der Waals surface area contributed by atoms with E-state index >= 15 is 0 Å². The highest BCUT2D eigenvalue weighted by atomic mass is 32.2. The first-order chi connectivity index (χ1) is 13.9. The first kappa shape index (κ1) is 19.3. The monoisotopic (exact) mass is 433 g/mol. The maximum absolute atomic E-state index is 14.4. The molecule has 1 atom stereocenters. The predicted octanol–water partition coefficient (Wildman–Crippen LogP) is 3.87. The normalized spacial score (nSPS) is 16.0. The fourth-order valence-electron chi connectivity index (χ4n) is 2.62. The van der Waals surface area contributed by atoms with Crippen molar-refractivity contribution in [2.24, 2.45) is 4.99 Å². The van der Waals surface area contributed by atoms with Crippen LogP contribution in [0, 0.1) is 15.9 Å². The summed E-state index contributed by atoms with van der Waals surface area (Å²) >= 11 is 2.59. The smallest absolute Gasteiger partial charge is 0.329 e. The largest absolute Gasteiger partial charge is 0.486 e. The Labute approximate surface area is 171 Å². The minimum Gasteiger partial charge on any atom is -0.486 e. The van der Waals surface area contributed by atoms with E-state index in [1.54, 1.807) is 12.1 Å². The lowest BCUT2D eigenvalue weighted by Crippen LogP contribution is -2.17. The van der Waals surface area contributed by atoms with Gasteiger partial charge >= 0.3 is 5.97 Å². The van der Waals surface area contributed by atoms with Gasteiger partial charge in [0.05, 0.1) is 15.1 Å². The summed E-state index contributed by atoms with van der Waals surface area (Å²) < 4.78 is 20.6. The zero-order valence-corrected chi connectivity index (χ0v) is 16.2. The number of halogens is 1. The van der Waals surface area contributed by atoms with E-state index in [0.29, 0.717) is 31.6 Å². The second kappa shape index (κ2) is 7.76. The van der Waals surface area contributed by atoms with E-state index in [1.807, 2.05) is 0 Å². The highest BCUT2D eigenvalue weighted by Gasteiger charge is 2.27. The molecular weight excluding hydrogens is 421 g/mol. The fraction of sp³-hybridized carbons (Fsp3) is 0.167. The van der Waals surface area contributed by atoms with Gasteiger partial charge in [0.15, 0.2) is 17.6 Å². The number of thioether (sulfide) groups is 1. The minimum atomic E-state index is -0.985. The maximum atomic E-state index is 14.4. The summed E-state index contributed by atoms with van der Waals surface area (Å²) in [5.74, 6) is -1.18. The molecule has 0 aliphatic carbocycles. The molecular formula is C18H12FN3O5S2. The molecule has 1 N–H and O–H groups in total. The Morgan fingerprint density at radius 2 is 2.10 bits per heavy atom. The van der Waals surface area contributed by atoms with Crippen molar-refractivity contribution in [3.05, 3.63) is 62.9 Å². The molecule has 0 bridgehead atoms. The Morgan fingerprint density at radius 1 is 1.34 bits per heavy atom. The van der Waals surface area contributed by atoms with Gasteiger partial charge in [-0.25, -0.2) is 14.2 Å². The van der Waals surface area contributed by atoms with Crippen molar-refractivity contribution < 1.29 is 24.0 Å². The number of hydrogen-bond acceptors (Lipinski definition) is 8. The quantitative estimate of drug-likeness (QED) is 0.463. The number of nitrogens with zero attached hydrogens (tertiary/aromatic N) is 3. The van der Waals surface area contributed by atoms with Gasteiger partial charge in [0.1, 0.15) is 16.7 Å². The molecule has 1 aliphatic rings. The number of non-ortho nitro benzene ring substituents is 1. The average molecular weight is 433 g/mol. The number of benzene rings is 2. The van der Waals surface area contributed by atoms with Crippen molar-refractivity contribution in [3.63, 3.8) is 0 Å². The van der Waals surface area contributed by atoms with E-state index in [1.165, 1.54) is 47.4 Å². The lowest BCUT2D eigenvalue weighted by atomic mass is 10.2. The van der Waals surface area contributed by atoms with Gasteiger partial charge in [-0.2, -0.15) is 0 Å². The third kappa shape index (κ3) is 4.05. The van der Waals surface area contributed by atoms with Crippen LogP contribution in [0.25, 0.3) is 10.2 Å². The molecule has 0 fully saturated rings. The van der Waals surface area contributed by atoms with Gasteiger partial charge in [-0.3, -0.25) is 15.1 Å².